The van der Waals surface area contributed by atoms with E-state index in [4.69, 9.17) is 5.26 Å². The highest BCUT2D eigenvalue weighted by Gasteiger charge is 1.96. The van der Waals surface area contributed by atoms with Gasteiger partial charge in [-0.2, -0.15) is 5.26 Å². The fourth-order valence-corrected chi connectivity index (χ4v) is 1.20. The minimum atomic E-state index is -0.217. The molecule has 16 heavy (non-hydrogen) atoms. The van der Waals surface area contributed by atoms with Gasteiger partial charge in [0.25, 0.3) is 5.56 Å². The number of nitrogens with one attached hydrogen (secondary N) is 2. The van der Waals surface area contributed by atoms with Crippen molar-refractivity contribution in [2.24, 2.45) is 0 Å². The van der Waals surface area contributed by atoms with Crippen molar-refractivity contribution in [1.29, 1.82) is 5.26 Å². The Morgan fingerprint density at radius 2 is 2.00 bits per heavy atom. The molecule has 0 amide bonds. The molecule has 2 rings (SSSR count). The molecular weight excluding hydrogens is 204 g/mol. The van der Waals surface area contributed by atoms with Crippen LogP contribution in [0.1, 0.15) is 5.56 Å². The molecule has 0 aliphatic rings. The summed E-state index contributed by atoms with van der Waals surface area (Å²) in [5.74, 6) is 0.372. The maximum absolute atomic E-state index is 11.0. The molecule has 78 valence electrons. The van der Waals surface area contributed by atoms with E-state index < -0.39 is 0 Å². The molecule has 0 radical (unpaired) electrons. The van der Waals surface area contributed by atoms with Gasteiger partial charge in [0, 0.05) is 18.0 Å². The maximum atomic E-state index is 11.0. The Morgan fingerprint density at radius 1 is 1.25 bits per heavy atom. The molecule has 0 fully saturated rings. The van der Waals surface area contributed by atoms with Crippen LogP contribution in [0.4, 0.5) is 11.6 Å². The Balaban J connectivity index is 2.21. The van der Waals surface area contributed by atoms with Gasteiger partial charge in [-0.25, -0.2) is 4.98 Å². The Labute approximate surface area is 91.4 Å². The zero-order valence-corrected chi connectivity index (χ0v) is 8.27. The number of hydrogen-bond donors (Lipinski definition) is 2. The minimum Gasteiger partial charge on any atom is -0.326 e. The van der Waals surface area contributed by atoms with Gasteiger partial charge >= 0.3 is 0 Å². The van der Waals surface area contributed by atoms with Crippen molar-refractivity contribution in [3.8, 4) is 6.07 Å². The molecule has 0 spiro atoms. The van der Waals surface area contributed by atoms with E-state index in [2.05, 4.69) is 15.3 Å². The monoisotopic (exact) mass is 212 g/mol. The normalized spacial score (nSPS) is 9.44. The molecule has 0 saturated carbocycles. The van der Waals surface area contributed by atoms with Crippen molar-refractivity contribution >= 4 is 11.6 Å². The van der Waals surface area contributed by atoms with Gasteiger partial charge in [-0.1, -0.05) is 0 Å². The summed E-state index contributed by atoms with van der Waals surface area (Å²) in [5.41, 5.74) is 1.12. The number of rotatable bonds is 2. The van der Waals surface area contributed by atoms with E-state index in [0.29, 0.717) is 11.5 Å². The summed E-state index contributed by atoms with van der Waals surface area (Å²) < 4.78 is 0. The molecule has 2 aromatic rings. The van der Waals surface area contributed by atoms with Crippen molar-refractivity contribution in [2.75, 3.05) is 5.32 Å². The van der Waals surface area contributed by atoms with Crippen molar-refractivity contribution < 1.29 is 0 Å². The highest BCUT2D eigenvalue weighted by molar-refractivity contribution is 5.54. The van der Waals surface area contributed by atoms with Crippen LogP contribution in [0.25, 0.3) is 0 Å². The summed E-state index contributed by atoms with van der Waals surface area (Å²) in [4.78, 5) is 17.5. The third kappa shape index (κ3) is 2.25. The summed E-state index contributed by atoms with van der Waals surface area (Å²) in [6.07, 6.45) is 1.42. The predicted molar refractivity (Wildman–Crippen MR) is 59.3 cm³/mol. The Morgan fingerprint density at radius 3 is 2.62 bits per heavy atom. The van der Waals surface area contributed by atoms with Crippen LogP contribution in [0.5, 0.6) is 0 Å². The Kier molecular flexibility index (Phi) is 2.65. The Hall–Kier alpha value is -2.61. The van der Waals surface area contributed by atoms with E-state index in [1.165, 1.54) is 12.3 Å². The van der Waals surface area contributed by atoms with Gasteiger partial charge in [-0.3, -0.25) is 9.78 Å². The van der Waals surface area contributed by atoms with E-state index in [1.54, 1.807) is 24.3 Å². The van der Waals surface area contributed by atoms with E-state index >= 15 is 0 Å². The summed E-state index contributed by atoms with van der Waals surface area (Å²) >= 11 is 0. The average molecular weight is 212 g/mol. The average Bonchev–Trinajstić information content (AvgIpc) is 2.30. The quantitative estimate of drug-likeness (QED) is 0.788. The largest absolute Gasteiger partial charge is 0.326 e. The molecule has 5 nitrogen and oxygen atoms in total. The molecule has 1 aromatic carbocycles. The number of nitrogens with zero attached hydrogens (tertiary/aromatic N) is 2. The van der Waals surface area contributed by atoms with E-state index in [1.807, 2.05) is 6.07 Å². The van der Waals surface area contributed by atoms with E-state index in [-0.39, 0.29) is 5.56 Å². The second kappa shape index (κ2) is 4.28. The van der Waals surface area contributed by atoms with Gasteiger partial charge in [0.15, 0.2) is 0 Å². The SMILES string of the molecule is N#Cc1ccc(Nc2nccc(=O)[nH]2)cc1. The first-order chi connectivity index (χ1) is 7.78. The maximum Gasteiger partial charge on any atom is 0.252 e. The van der Waals surface area contributed by atoms with Crippen LogP contribution in [0.15, 0.2) is 41.3 Å². The smallest absolute Gasteiger partial charge is 0.252 e. The van der Waals surface area contributed by atoms with Gasteiger partial charge in [-0.15, -0.1) is 0 Å². The van der Waals surface area contributed by atoms with Crippen LogP contribution >= 0.6 is 0 Å². The molecule has 5 heteroatoms. The fourth-order valence-electron chi connectivity index (χ4n) is 1.20. The van der Waals surface area contributed by atoms with Crippen LogP contribution < -0.4 is 10.9 Å². The summed E-state index contributed by atoms with van der Waals surface area (Å²) in [5, 5.41) is 11.5. The summed E-state index contributed by atoms with van der Waals surface area (Å²) in [7, 11) is 0. The fraction of sp³-hybridized carbons (Fsp3) is 0. The minimum absolute atomic E-state index is 0.217. The lowest BCUT2D eigenvalue weighted by Crippen LogP contribution is -2.08. The highest BCUT2D eigenvalue weighted by Crippen LogP contribution is 2.12. The lowest BCUT2D eigenvalue weighted by Gasteiger charge is -2.03. The molecule has 0 aliphatic carbocycles. The predicted octanol–water partition coefficient (Wildman–Crippen LogP) is 1.39. The number of anilines is 2. The number of aromatic amines is 1. The van der Waals surface area contributed by atoms with Crippen LogP contribution in [-0.2, 0) is 0 Å². The zero-order chi connectivity index (χ0) is 11.4. The van der Waals surface area contributed by atoms with Gasteiger partial charge < -0.3 is 5.32 Å². The first-order valence-electron chi connectivity index (χ1n) is 4.60. The molecular formula is C11H8N4O. The number of benzene rings is 1. The molecule has 1 heterocycles. The number of nitriles is 1. The number of hydrogen-bond acceptors (Lipinski definition) is 4. The molecule has 0 aliphatic heterocycles. The van der Waals surface area contributed by atoms with Gasteiger partial charge in [0.05, 0.1) is 11.6 Å². The topological polar surface area (TPSA) is 81.6 Å². The van der Waals surface area contributed by atoms with Gasteiger partial charge in [0.1, 0.15) is 0 Å². The zero-order valence-electron chi connectivity index (χ0n) is 8.27. The third-order valence-electron chi connectivity index (χ3n) is 1.95. The van der Waals surface area contributed by atoms with E-state index in [0.717, 1.165) is 5.69 Å². The second-order valence-electron chi connectivity index (χ2n) is 3.10. The summed E-state index contributed by atoms with van der Waals surface area (Å²) in [6.45, 7) is 0. The third-order valence-corrected chi connectivity index (χ3v) is 1.95. The lowest BCUT2D eigenvalue weighted by atomic mass is 10.2. The van der Waals surface area contributed by atoms with Crippen molar-refractivity contribution in [3.63, 3.8) is 0 Å². The van der Waals surface area contributed by atoms with Gasteiger partial charge in [0.2, 0.25) is 5.95 Å². The van der Waals surface area contributed by atoms with Crippen LogP contribution in [-0.4, -0.2) is 9.97 Å². The molecule has 0 bridgehead atoms. The number of H-pyrrole nitrogens is 1. The van der Waals surface area contributed by atoms with E-state index in [9.17, 15) is 4.79 Å². The van der Waals surface area contributed by atoms with Crippen LogP contribution in [0.3, 0.4) is 0 Å². The molecule has 2 N–H and O–H groups in total. The molecule has 0 unspecified atom stereocenters. The molecule has 0 atom stereocenters. The standard InChI is InChI=1S/C11H8N4O/c12-7-8-1-3-9(4-2-8)14-11-13-6-5-10(16)15-11/h1-6H,(H2,13,14,15,16). The first-order valence-corrected chi connectivity index (χ1v) is 4.60. The summed E-state index contributed by atoms with van der Waals surface area (Å²) in [6, 6.07) is 10.2. The second-order valence-corrected chi connectivity index (χ2v) is 3.10. The van der Waals surface area contributed by atoms with Crippen molar-refractivity contribution in [2.45, 2.75) is 0 Å². The highest BCUT2D eigenvalue weighted by atomic mass is 16.1. The Bertz CT molecular complexity index is 580. The number of aromatic nitrogens is 2. The van der Waals surface area contributed by atoms with Crippen molar-refractivity contribution in [1.82, 2.24) is 9.97 Å². The van der Waals surface area contributed by atoms with Crippen LogP contribution in [0.2, 0.25) is 0 Å². The van der Waals surface area contributed by atoms with Crippen LogP contribution in [0, 0.1) is 11.3 Å². The molecule has 1 aromatic heterocycles. The molecule has 0 saturated heterocycles. The van der Waals surface area contributed by atoms with Gasteiger partial charge in [-0.05, 0) is 24.3 Å². The first kappa shape index (κ1) is 9.93. The lowest BCUT2D eigenvalue weighted by molar-refractivity contribution is 1.12. The van der Waals surface area contributed by atoms with Crippen molar-refractivity contribution in [3.05, 3.63) is 52.4 Å².